The molecule has 2 N–H and O–H groups in total. The van der Waals surface area contributed by atoms with Crippen LogP contribution in [0, 0.1) is 5.92 Å². The summed E-state index contributed by atoms with van der Waals surface area (Å²) in [6.07, 6.45) is 1.94. The zero-order valence-corrected chi connectivity index (χ0v) is 11.7. The van der Waals surface area contributed by atoms with E-state index in [1.165, 1.54) is 0 Å². The van der Waals surface area contributed by atoms with Crippen LogP contribution in [0.3, 0.4) is 0 Å². The van der Waals surface area contributed by atoms with Crippen LogP contribution in [0.1, 0.15) is 20.3 Å². The Bertz CT molecular complexity index is 259. The molecular formula is C11H22N2O3S. The van der Waals surface area contributed by atoms with Crippen LogP contribution in [-0.2, 0) is 4.79 Å². The van der Waals surface area contributed by atoms with Crippen molar-refractivity contribution in [2.45, 2.75) is 26.3 Å². The number of hydrogen-bond donors (Lipinski definition) is 2. The van der Waals surface area contributed by atoms with Crippen molar-refractivity contribution in [3.05, 3.63) is 0 Å². The molecule has 17 heavy (non-hydrogen) atoms. The van der Waals surface area contributed by atoms with Crippen molar-refractivity contribution in [1.82, 2.24) is 10.2 Å². The Kier molecular flexibility index (Phi) is 7.78. The van der Waals surface area contributed by atoms with Crippen molar-refractivity contribution in [2.75, 3.05) is 25.6 Å². The summed E-state index contributed by atoms with van der Waals surface area (Å²) in [5, 5.41) is 11.5. The lowest BCUT2D eigenvalue weighted by Gasteiger charge is -2.24. The molecule has 5 nitrogen and oxygen atoms in total. The molecule has 0 bridgehead atoms. The molecule has 1 unspecified atom stereocenters. The third-order valence-corrected chi connectivity index (χ3v) is 3.08. The molecular weight excluding hydrogens is 240 g/mol. The van der Waals surface area contributed by atoms with Crippen molar-refractivity contribution in [3.8, 4) is 0 Å². The Balaban J connectivity index is 4.24. The summed E-state index contributed by atoms with van der Waals surface area (Å²) in [5.41, 5.74) is 0. The maximum atomic E-state index is 11.8. The van der Waals surface area contributed by atoms with Gasteiger partial charge >= 0.3 is 12.0 Å². The second kappa shape index (κ2) is 8.22. The molecule has 0 radical (unpaired) electrons. The molecule has 6 heteroatoms. The summed E-state index contributed by atoms with van der Waals surface area (Å²) < 4.78 is 0. The van der Waals surface area contributed by atoms with Crippen molar-refractivity contribution in [1.29, 1.82) is 0 Å². The quantitative estimate of drug-likeness (QED) is 0.729. The fourth-order valence-corrected chi connectivity index (χ4v) is 1.70. The Morgan fingerprint density at radius 2 is 2.00 bits per heavy atom. The van der Waals surface area contributed by atoms with Crippen molar-refractivity contribution >= 4 is 23.8 Å². The van der Waals surface area contributed by atoms with Gasteiger partial charge in [-0.1, -0.05) is 13.8 Å². The van der Waals surface area contributed by atoms with Crippen molar-refractivity contribution in [3.63, 3.8) is 0 Å². The van der Waals surface area contributed by atoms with Crippen LogP contribution in [0.15, 0.2) is 0 Å². The molecule has 0 saturated carbocycles. The minimum atomic E-state index is -0.893. The first-order valence-electron chi connectivity index (χ1n) is 5.60. The summed E-state index contributed by atoms with van der Waals surface area (Å²) >= 11 is 1.67. The molecule has 0 aliphatic rings. The monoisotopic (exact) mass is 262 g/mol. The third kappa shape index (κ3) is 7.10. The van der Waals surface area contributed by atoms with Gasteiger partial charge in [-0.2, -0.15) is 11.8 Å². The first-order chi connectivity index (χ1) is 7.88. The summed E-state index contributed by atoms with van der Waals surface area (Å²) in [6, 6.07) is -0.532. The predicted molar refractivity (Wildman–Crippen MR) is 70.4 cm³/mol. The van der Waals surface area contributed by atoms with Crippen LogP contribution in [-0.4, -0.2) is 53.6 Å². The standard InChI is InChI=1S/C11H22N2O3S/c1-8(2)9(7-10(14)15)12-11(16)13(3)5-6-17-4/h8-9H,5-7H2,1-4H3,(H,12,16)(H,14,15). The van der Waals surface area contributed by atoms with E-state index in [-0.39, 0.29) is 24.4 Å². The number of thioether (sulfide) groups is 1. The molecule has 1 atom stereocenters. The van der Waals surface area contributed by atoms with E-state index in [2.05, 4.69) is 5.32 Å². The molecule has 0 aliphatic heterocycles. The van der Waals surface area contributed by atoms with Crippen molar-refractivity contribution < 1.29 is 14.7 Å². The van der Waals surface area contributed by atoms with E-state index in [1.807, 2.05) is 20.1 Å². The number of amides is 2. The minimum Gasteiger partial charge on any atom is -0.481 e. The van der Waals surface area contributed by atoms with E-state index in [0.29, 0.717) is 6.54 Å². The van der Waals surface area contributed by atoms with E-state index in [9.17, 15) is 9.59 Å². The lowest BCUT2D eigenvalue weighted by atomic mass is 10.0. The average Bonchev–Trinajstić information content (AvgIpc) is 2.23. The van der Waals surface area contributed by atoms with Crippen molar-refractivity contribution in [2.24, 2.45) is 5.92 Å². The number of rotatable bonds is 7. The van der Waals surface area contributed by atoms with Gasteiger partial charge in [0.25, 0.3) is 0 Å². The number of nitrogens with one attached hydrogen (secondary N) is 1. The summed E-state index contributed by atoms with van der Waals surface area (Å²) in [4.78, 5) is 24.0. The highest BCUT2D eigenvalue weighted by Crippen LogP contribution is 2.07. The number of carboxylic acid groups (broad SMARTS) is 1. The third-order valence-electron chi connectivity index (χ3n) is 2.49. The Morgan fingerprint density at radius 3 is 2.41 bits per heavy atom. The van der Waals surface area contributed by atoms with Gasteiger partial charge in [0.1, 0.15) is 0 Å². The van der Waals surface area contributed by atoms with Crippen LogP contribution in [0.25, 0.3) is 0 Å². The molecule has 2 amide bonds. The molecule has 0 saturated heterocycles. The van der Waals surface area contributed by atoms with Gasteiger partial charge in [-0.15, -0.1) is 0 Å². The van der Waals surface area contributed by atoms with E-state index >= 15 is 0 Å². The van der Waals surface area contributed by atoms with Crippen LogP contribution >= 0.6 is 11.8 Å². The second-order valence-electron chi connectivity index (χ2n) is 4.31. The second-order valence-corrected chi connectivity index (χ2v) is 5.30. The fourth-order valence-electron chi connectivity index (χ4n) is 1.24. The van der Waals surface area contributed by atoms with Gasteiger partial charge in [0.05, 0.1) is 6.42 Å². The summed E-state index contributed by atoms with van der Waals surface area (Å²) in [5.74, 6) is 0.0784. The normalized spacial score (nSPS) is 12.3. The fraction of sp³-hybridized carbons (Fsp3) is 0.818. The highest BCUT2D eigenvalue weighted by Gasteiger charge is 2.20. The summed E-state index contributed by atoms with van der Waals surface area (Å²) in [6.45, 7) is 4.45. The SMILES string of the molecule is CSCCN(C)C(=O)NC(CC(=O)O)C(C)C. The molecule has 0 aliphatic carbocycles. The first kappa shape index (κ1) is 16.1. The van der Waals surface area contributed by atoms with Crippen LogP contribution < -0.4 is 5.32 Å². The van der Waals surface area contributed by atoms with Gasteiger partial charge in [-0.25, -0.2) is 4.79 Å². The van der Waals surface area contributed by atoms with Crippen LogP contribution in [0.2, 0.25) is 0 Å². The van der Waals surface area contributed by atoms with E-state index in [4.69, 9.17) is 5.11 Å². The lowest BCUT2D eigenvalue weighted by molar-refractivity contribution is -0.137. The number of carbonyl (C=O) groups is 2. The molecule has 100 valence electrons. The predicted octanol–water partition coefficient (Wildman–Crippen LogP) is 1.49. The van der Waals surface area contributed by atoms with E-state index < -0.39 is 5.97 Å². The first-order valence-corrected chi connectivity index (χ1v) is 7.00. The number of carboxylic acids is 1. The molecule has 0 fully saturated rings. The molecule has 0 aromatic heterocycles. The zero-order valence-electron chi connectivity index (χ0n) is 10.9. The Hall–Kier alpha value is -0.910. The topological polar surface area (TPSA) is 69.6 Å². The van der Waals surface area contributed by atoms with Crippen LogP contribution in [0.5, 0.6) is 0 Å². The lowest BCUT2D eigenvalue weighted by Crippen LogP contribution is -2.46. The minimum absolute atomic E-state index is 0.0419. The maximum absolute atomic E-state index is 11.8. The molecule has 0 heterocycles. The number of hydrogen-bond acceptors (Lipinski definition) is 3. The highest BCUT2D eigenvalue weighted by atomic mass is 32.2. The zero-order chi connectivity index (χ0) is 13.4. The Labute approximate surface area is 107 Å². The van der Waals surface area contributed by atoms with Gasteiger partial charge < -0.3 is 15.3 Å². The van der Waals surface area contributed by atoms with Gasteiger partial charge in [-0.3, -0.25) is 4.79 Å². The molecule has 0 aromatic rings. The number of aliphatic carboxylic acids is 1. The molecule has 0 aromatic carbocycles. The summed E-state index contributed by atoms with van der Waals surface area (Å²) in [7, 11) is 1.71. The van der Waals surface area contributed by atoms with Gasteiger partial charge in [-0.05, 0) is 12.2 Å². The average molecular weight is 262 g/mol. The molecule has 0 spiro atoms. The van der Waals surface area contributed by atoms with E-state index in [1.54, 1.807) is 23.7 Å². The van der Waals surface area contributed by atoms with Gasteiger partial charge in [0, 0.05) is 25.4 Å². The Morgan fingerprint density at radius 1 is 1.41 bits per heavy atom. The van der Waals surface area contributed by atoms with Gasteiger partial charge in [0.2, 0.25) is 0 Å². The smallest absolute Gasteiger partial charge is 0.317 e. The number of nitrogens with zero attached hydrogens (tertiary/aromatic N) is 1. The largest absolute Gasteiger partial charge is 0.481 e. The maximum Gasteiger partial charge on any atom is 0.317 e. The molecule has 0 rings (SSSR count). The highest BCUT2D eigenvalue weighted by molar-refractivity contribution is 7.98. The van der Waals surface area contributed by atoms with Crippen LogP contribution in [0.4, 0.5) is 4.79 Å². The van der Waals surface area contributed by atoms with E-state index in [0.717, 1.165) is 5.75 Å². The number of carbonyl (C=O) groups excluding carboxylic acids is 1. The van der Waals surface area contributed by atoms with Gasteiger partial charge in [0.15, 0.2) is 0 Å². The number of urea groups is 1.